The Morgan fingerprint density at radius 1 is 1.14 bits per heavy atom. The average Bonchev–Trinajstić information content (AvgIpc) is 2.90. The normalized spacial score (nSPS) is 14.7. The third kappa shape index (κ3) is 6.82. The molecular weight excluding hydrogens is 472 g/mol. The van der Waals surface area contributed by atoms with E-state index in [0.29, 0.717) is 56.8 Å². The fraction of sp³-hybridized carbons (Fsp3) is 0.360. The van der Waals surface area contributed by atoms with Crippen molar-refractivity contribution >= 4 is 21.5 Å². The molecule has 1 amide bonds. The number of allylic oxidation sites excluding steroid dienone is 2. The van der Waals surface area contributed by atoms with Crippen molar-refractivity contribution in [3.8, 4) is 17.6 Å². The molecule has 2 aromatic rings. The van der Waals surface area contributed by atoms with Crippen LogP contribution < -0.4 is 9.47 Å². The van der Waals surface area contributed by atoms with E-state index in [1.807, 2.05) is 18.2 Å². The summed E-state index contributed by atoms with van der Waals surface area (Å²) in [6, 6.07) is 14.9. The van der Waals surface area contributed by atoms with Crippen molar-refractivity contribution in [1.29, 1.82) is 5.26 Å². The highest BCUT2D eigenvalue weighted by Gasteiger charge is 2.34. The molecule has 10 heteroatoms. The Balaban J connectivity index is 1.51. The number of hydrogen-bond acceptors (Lipinski definition) is 8. The Labute approximate surface area is 205 Å². The first-order valence-corrected chi connectivity index (χ1v) is 12.6. The summed E-state index contributed by atoms with van der Waals surface area (Å²) in [6.45, 7) is 1.06. The van der Waals surface area contributed by atoms with Gasteiger partial charge in [-0.3, -0.25) is 10.0 Å². The summed E-state index contributed by atoms with van der Waals surface area (Å²) >= 11 is 0. The third-order valence-corrected chi connectivity index (χ3v) is 7.10. The second-order valence-corrected chi connectivity index (χ2v) is 9.66. The molecule has 1 aliphatic heterocycles. The van der Waals surface area contributed by atoms with E-state index in [1.54, 1.807) is 19.2 Å². The second kappa shape index (κ2) is 12.4. The molecule has 0 saturated carbocycles. The maximum Gasteiger partial charge on any atom is 0.289 e. The molecule has 186 valence electrons. The summed E-state index contributed by atoms with van der Waals surface area (Å²) in [6.07, 6.45) is 3.83. The maximum atomic E-state index is 12.6. The number of hydroxylamine groups is 1. The smallest absolute Gasteiger partial charge is 0.289 e. The van der Waals surface area contributed by atoms with E-state index in [1.165, 1.54) is 24.3 Å². The van der Waals surface area contributed by atoms with Gasteiger partial charge in [-0.1, -0.05) is 6.08 Å². The van der Waals surface area contributed by atoms with Crippen molar-refractivity contribution in [3.63, 3.8) is 0 Å². The van der Waals surface area contributed by atoms with Gasteiger partial charge in [-0.2, -0.15) is 13.7 Å². The summed E-state index contributed by atoms with van der Waals surface area (Å²) in [5.74, 6) is -0.278. The fourth-order valence-corrected chi connectivity index (χ4v) is 4.61. The van der Waals surface area contributed by atoms with Gasteiger partial charge in [0.1, 0.15) is 11.5 Å². The minimum atomic E-state index is -4.38. The number of nitriles is 1. The van der Waals surface area contributed by atoms with Crippen molar-refractivity contribution in [2.45, 2.75) is 30.6 Å². The monoisotopic (exact) mass is 500 g/mol. The van der Waals surface area contributed by atoms with E-state index in [9.17, 15) is 23.7 Å². The van der Waals surface area contributed by atoms with Gasteiger partial charge in [0, 0.05) is 19.1 Å². The molecule has 0 bridgehead atoms. The zero-order valence-electron chi connectivity index (χ0n) is 19.4. The van der Waals surface area contributed by atoms with Crippen LogP contribution in [0.4, 0.5) is 0 Å². The van der Waals surface area contributed by atoms with Gasteiger partial charge in [-0.05, 0) is 79.8 Å². The van der Waals surface area contributed by atoms with Crippen LogP contribution >= 0.6 is 0 Å². The van der Waals surface area contributed by atoms with Crippen molar-refractivity contribution in [2.75, 3.05) is 26.9 Å². The molecule has 0 unspecified atom stereocenters. The molecule has 1 saturated heterocycles. The van der Waals surface area contributed by atoms with E-state index in [-0.39, 0.29) is 9.36 Å². The summed E-state index contributed by atoms with van der Waals surface area (Å²) in [5.41, 5.74) is 1.37. The number of ether oxygens (including phenoxy) is 3. The van der Waals surface area contributed by atoms with Crippen molar-refractivity contribution in [1.82, 2.24) is 4.47 Å². The van der Waals surface area contributed by atoms with Gasteiger partial charge in [0.2, 0.25) is 0 Å². The highest BCUT2D eigenvalue weighted by atomic mass is 32.2. The van der Waals surface area contributed by atoms with Crippen LogP contribution in [0.15, 0.2) is 59.5 Å². The molecule has 0 radical (unpaired) electrons. The number of methoxy groups -OCH3 is 1. The summed E-state index contributed by atoms with van der Waals surface area (Å²) in [7, 11) is -2.80. The van der Waals surface area contributed by atoms with Crippen molar-refractivity contribution in [3.05, 3.63) is 60.2 Å². The zero-order valence-corrected chi connectivity index (χ0v) is 20.2. The molecule has 2 aromatic carbocycles. The lowest BCUT2D eigenvalue weighted by atomic mass is 10.00. The third-order valence-electron chi connectivity index (χ3n) is 5.60. The van der Waals surface area contributed by atoms with E-state index >= 15 is 0 Å². The number of benzene rings is 2. The molecule has 1 aliphatic rings. The fourth-order valence-electron chi connectivity index (χ4n) is 3.55. The number of hydrogen-bond donors (Lipinski definition) is 1. The van der Waals surface area contributed by atoms with E-state index in [2.05, 4.69) is 6.07 Å². The number of rotatable bonds is 10. The van der Waals surface area contributed by atoms with Gasteiger partial charge < -0.3 is 14.2 Å². The van der Waals surface area contributed by atoms with Crippen LogP contribution in [0.3, 0.4) is 0 Å². The zero-order chi connectivity index (χ0) is 25.3. The molecule has 35 heavy (non-hydrogen) atoms. The minimum absolute atomic E-state index is 0.166. The quantitative estimate of drug-likeness (QED) is 0.226. The SMILES string of the molecule is COc1ccc(/C(C#N)=C/CCCOc2ccc(S(=O)(=O)N(O)C(=O)C3CCOCC3)cc2)cc1. The van der Waals surface area contributed by atoms with Gasteiger partial charge in [-0.15, -0.1) is 4.47 Å². The van der Waals surface area contributed by atoms with Crippen LogP contribution in [-0.4, -0.2) is 50.9 Å². The first kappa shape index (κ1) is 26.2. The first-order chi connectivity index (χ1) is 16.9. The van der Waals surface area contributed by atoms with Crippen LogP contribution in [0, 0.1) is 17.2 Å². The van der Waals surface area contributed by atoms with Crippen LogP contribution in [-0.2, 0) is 19.6 Å². The van der Waals surface area contributed by atoms with Gasteiger partial charge >= 0.3 is 0 Å². The molecular formula is C25H28N2O7S. The molecule has 1 heterocycles. The Morgan fingerprint density at radius 2 is 1.77 bits per heavy atom. The summed E-state index contributed by atoms with van der Waals surface area (Å²) < 4.78 is 41.0. The predicted octanol–water partition coefficient (Wildman–Crippen LogP) is 3.79. The Bertz CT molecular complexity index is 1160. The predicted molar refractivity (Wildman–Crippen MR) is 127 cm³/mol. The van der Waals surface area contributed by atoms with E-state index in [4.69, 9.17) is 14.2 Å². The average molecular weight is 501 g/mol. The number of sulfonamides is 1. The molecule has 3 rings (SSSR count). The Hall–Kier alpha value is -3.39. The summed E-state index contributed by atoms with van der Waals surface area (Å²) in [4.78, 5) is 12.1. The second-order valence-electron chi connectivity index (χ2n) is 7.89. The number of carbonyl (C=O) groups excluding carboxylic acids is 1. The molecule has 0 spiro atoms. The first-order valence-electron chi connectivity index (χ1n) is 11.2. The molecule has 0 aliphatic carbocycles. The lowest BCUT2D eigenvalue weighted by Gasteiger charge is -2.24. The van der Waals surface area contributed by atoms with Gasteiger partial charge in [0.15, 0.2) is 0 Å². The molecule has 0 aromatic heterocycles. The molecule has 9 nitrogen and oxygen atoms in total. The van der Waals surface area contributed by atoms with Crippen molar-refractivity contribution in [2.24, 2.45) is 5.92 Å². The molecule has 0 atom stereocenters. The minimum Gasteiger partial charge on any atom is -0.497 e. The maximum absolute atomic E-state index is 12.6. The lowest BCUT2D eigenvalue weighted by molar-refractivity contribution is -0.153. The van der Waals surface area contributed by atoms with Crippen LogP contribution in [0.25, 0.3) is 5.57 Å². The lowest BCUT2D eigenvalue weighted by Crippen LogP contribution is -2.40. The number of carbonyl (C=O) groups is 1. The molecule has 1 fully saturated rings. The topological polar surface area (TPSA) is 126 Å². The number of amides is 1. The Kier molecular flexibility index (Phi) is 9.25. The highest BCUT2D eigenvalue weighted by Crippen LogP contribution is 2.24. The van der Waals surface area contributed by atoms with E-state index in [0.717, 1.165) is 11.3 Å². The standard InChI is InChI=1S/C25H28N2O7S/c1-32-22-7-5-19(6-8-22)21(18-26)4-2-3-15-34-23-9-11-24(12-10-23)35(30,31)27(29)25(28)20-13-16-33-17-14-20/h4-12,20,29H,2-3,13-17H2,1H3/b21-4+. The van der Waals surface area contributed by atoms with Crippen LogP contribution in [0.1, 0.15) is 31.2 Å². The van der Waals surface area contributed by atoms with Crippen molar-refractivity contribution < 1.29 is 32.6 Å². The summed E-state index contributed by atoms with van der Waals surface area (Å²) in [5, 5.41) is 19.5. The van der Waals surface area contributed by atoms with Gasteiger partial charge in [0.25, 0.3) is 15.9 Å². The number of nitrogens with zero attached hydrogens (tertiary/aromatic N) is 2. The highest BCUT2D eigenvalue weighted by molar-refractivity contribution is 7.89. The molecule has 1 N–H and O–H groups in total. The number of unbranched alkanes of at least 4 members (excludes halogenated alkanes) is 1. The van der Waals surface area contributed by atoms with Crippen LogP contribution in [0.5, 0.6) is 11.5 Å². The van der Waals surface area contributed by atoms with E-state index < -0.39 is 21.8 Å². The Morgan fingerprint density at radius 3 is 2.37 bits per heavy atom. The van der Waals surface area contributed by atoms with Crippen LogP contribution in [0.2, 0.25) is 0 Å². The van der Waals surface area contributed by atoms with Gasteiger partial charge in [0.05, 0.1) is 30.3 Å². The largest absolute Gasteiger partial charge is 0.497 e. The van der Waals surface area contributed by atoms with Gasteiger partial charge in [-0.25, -0.2) is 0 Å².